The van der Waals surface area contributed by atoms with Gasteiger partial charge in [0.1, 0.15) is 24.8 Å². The lowest BCUT2D eigenvalue weighted by Gasteiger charge is -2.20. The number of ether oxygens (including phenoxy) is 3. The Morgan fingerprint density at radius 3 is 3.00 bits per heavy atom. The Balaban J connectivity index is 1.76. The second-order valence-electron chi connectivity index (χ2n) is 3.78. The Labute approximate surface area is 108 Å². The van der Waals surface area contributed by atoms with Crippen molar-refractivity contribution in [2.24, 2.45) is 0 Å². The average molecular weight is 264 g/mol. The summed E-state index contributed by atoms with van der Waals surface area (Å²) in [5.74, 6) is 2.08. The van der Waals surface area contributed by atoms with E-state index in [2.05, 4.69) is 10.2 Å². The summed E-state index contributed by atoms with van der Waals surface area (Å²) in [4.78, 5) is 0. The minimum absolute atomic E-state index is 0.394. The zero-order valence-electron chi connectivity index (χ0n) is 9.88. The Bertz CT molecular complexity index is 556. The fourth-order valence-corrected chi connectivity index (χ4v) is 2.32. The van der Waals surface area contributed by atoms with Gasteiger partial charge in [0, 0.05) is 0 Å². The largest absolute Gasteiger partial charge is 0.486 e. The zero-order chi connectivity index (χ0) is 12.4. The van der Waals surface area contributed by atoms with Gasteiger partial charge in [-0.25, -0.2) is 0 Å². The monoisotopic (exact) mass is 264 g/mol. The zero-order valence-corrected chi connectivity index (χ0v) is 10.7. The van der Waals surface area contributed by atoms with E-state index in [-0.39, 0.29) is 0 Å². The van der Waals surface area contributed by atoms with E-state index in [1.54, 1.807) is 0 Å². The molecule has 5 nitrogen and oxygen atoms in total. The normalized spacial score (nSPS) is 13.4. The van der Waals surface area contributed by atoms with Gasteiger partial charge in [0.25, 0.3) is 0 Å². The lowest BCUT2D eigenvalue weighted by atomic mass is 10.3. The van der Waals surface area contributed by atoms with E-state index in [1.165, 1.54) is 11.3 Å². The van der Waals surface area contributed by atoms with Gasteiger partial charge >= 0.3 is 0 Å². The first-order valence-electron chi connectivity index (χ1n) is 5.63. The van der Waals surface area contributed by atoms with Gasteiger partial charge in [-0.15, -0.1) is 10.2 Å². The molecule has 0 aliphatic carbocycles. The maximum atomic E-state index is 5.71. The second-order valence-corrected chi connectivity index (χ2v) is 5.05. The van der Waals surface area contributed by atoms with Crippen LogP contribution >= 0.6 is 11.3 Å². The summed E-state index contributed by atoms with van der Waals surface area (Å²) in [7, 11) is 0. The molecule has 1 aromatic carbocycles. The Hall–Kier alpha value is -1.82. The summed E-state index contributed by atoms with van der Waals surface area (Å²) in [6.45, 7) is 3.44. The number of rotatable bonds is 3. The molecule has 6 heteroatoms. The number of fused-ring (bicyclic) bond motifs is 1. The Kier molecular flexibility index (Phi) is 3.02. The molecule has 0 N–H and O–H groups in total. The van der Waals surface area contributed by atoms with E-state index >= 15 is 0 Å². The molecule has 0 amide bonds. The van der Waals surface area contributed by atoms with Crippen LogP contribution in [0.25, 0.3) is 0 Å². The fourth-order valence-electron chi connectivity index (χ4n) is 1.70. The van der Waals surface area contributed by atoms with Crippen LogP contribution in [0.5, 0.6) is 17.2 Å². The smallest absolute Gasteiger partial charge is 0.203 e. The van der Waals surface area contributed by atoms with E-state index in [9.17, 15) is 0 Å². The Morgan fingerprint density at radius 1 is 1.28 bits per heavy atom. The van der Waals surface area contributed by atoms with Crippen molar-refractivity contribution in [1.29, 1.82) is 0 Å². The number of benzene rings is 1. The van der Waals surface area contributed by atoms with Gasteiger partial charge in [-0.3, -0.25) is 0 Å². The summed E-state index contributed by atoms with van der Waals surface area (Å²) in [5, 5.41) is 9.75. The first kappa shape index (κ1) is 11.3. The van der Waals surface area contributed by atoms with Crippen LogP contribution in [-0.4, -0.2) is 23.4 Å². The summed E-state index contributed by atoms with van der Waals surface area (Å²) in [6, 6.07) is 5.62. The predicted molar refractivity (Wildman–Crippen MR) is 66.4 cm³/mol. The van der Waals surface area contributed by atoms with E-state index in [4.69, 9.17) is 14.2 Å². The molecule has 0 fully saturated rings. The minimum Gasteiger partial charge on any atom is -0.486 e. The standard InChI is InChI=1S/C12H12N2O3S/c1-8-13-14-11(18-8)7-17-10-4-2-3-9-12(10)16-6-5-15-9/h2-4H,5-7H2,1H3. The van der Waals surface area contributed by atoms with Crippen molar-refractivity contribution in [2.45, 2.75) is 13.5 Å². The van der Waals surface area contributed by atoms with E-state index in [0.29, 0.717) is 31.3 Å². The predicted octanol–water partition coefficient (Wildman–Crippen LogP) is 2.20. The number of aromatic nitrogens is 2. The highest BCUT2D eigenvalue weighted by atomic mass is 32.1. The maximum Gasteiger partial charge on any atom is 0.203 e. The van der Waals surface area contributed by atoms with Crippen LogP contribution in [0.4, 0.5) is 0 Å². The first-order valence-corrected chi connectivity index (χ1v) is 6.45. The highest BCUT2D eigenvalue weighted by Gasteiger charge is 2.16. The number of aryl methyl sites for hydroxylation is 1. The maximum absolute atomic E-state index is 5.71. The van der Waals surface area contributed by atoms with Crippen LogP contribution in [0.2, 0.25) is 0 Å². The van der Waals surface area contributed by atoms with Crippen molar-refractivity contribution in [3.8, 4) is 17.2 Å². The molecule has 3 rings (SSSR count). The molecule has 0 saturated heterocycles. The summed E-state index contributed by atoms with van der Waals surface area (Å²) in [6.07, 6.45) is 0. The molecule has 0 saturated carbocycles. The van der Waals surface area contributed by atoms with E-state index in [0.717, 1.165) is 15.8 Å². The number of nitrogens with zero attached hydrogens (tertiary/aromatic N) is 2. The number of hydrogen-bond acceptors (Lipinski definition) is 6. The molecule has 0 atom stereocenters. The van der Waals surface area contributed by atoms with Gasteiger partial charge in [-0.1, -0.05) is 17.4 Å². The molecule has 0 bridgehead atoms. The topological polar surface area (TPSA) is 53.5 Å². The SMILES string of the molecule is Cc1nnc(COc2cccc3c2OCCO3)s1. The molecule has 1 aliphatic rings. The van der Waals surface area contributed by atoms with Crippen molar-refractivity contribution < 1.29 is 14.2 Å². The van der Waals surface area contributed by atoms with Crippen molar-refractivity contribution in [3.05, 3.63) is 28.2 Å². The Morgan fingerprint density at radius 2 is 2.17 bits per heavy atom. The molecule has 1 aliphatic heterocycles. The van der Waals surface area contributed by atoms with Gasteiger partial charge in [0.05, 0.1) is 0 Å². The van der Waals surface area contributed by atoms with Gasteiger partial charge in [0.15, 0.2) is 16.5 Å². The fraction of sp³-hybridized carbons (Fsp3) is 0.333. The van der Waals surface area contributed by atoms with Gasteiger partial charge in [-0.2, -0.15) is 0 Å². The van der Waals surface area contributed by atoms with Crippen LogP contribution in [0.1, 0.15) is 10.0 Å². The number of hydrogen-bond donors (Lipinski definition) is 0. The molecule has 2 heterocycles. The van der Waals surface area contributed by atoms with Crippen LogP contribution in [0.3, 0.4) is 0 Å². The molecule has 0 radical (unpaired) electrons. The highest BCUT2D eigenvalue weighted by Crippen LogP contribution is 2.39. The van der Waals surface area contributed by atoms with E-state index in [1.807, 2.05) is 25.1 Å². The molecule has 94 valence electrons. The quantitative estimate of drug-likeness (QED) is 0.850. The molecular weight excluding hydrogens is 252 g/mol. The van der Waals surface area contributed by atoms with Crippen molar-refractivity contribution in [3.63, 3.8) is 0 Å². The third-order valence-corrected chi connectivity index (χ3v) is 3.26. The van der Waals surface area contributed by atoms with Gasteiger partial charge < -0.3 is 14.2 Å². The van der Waals surface area contributed by atoms with E-state index < -0.39 is 0 Å². The summed E-state index contributed by atoms with van der Waals surface area (Å²) < 4.78 is 16.8. The third-order valence-electron chi connectivity index (χ3n) is 2.45. The first-order chi connectivity index (χ1) is 8.83. The minimum atomic E-state index is 0.394. The average Bonchev–Trinajstić information content (AvgIpc) is 2.82. The van der Waals surface area contributed by atoms with Crippen LogP contribution in [0.15, 0.2) is 18.2 Å². The molecule has 0 unspecified atom stereocenters. The van der Waals surface area contributed by atoms with Crippen molar-refractivity contribution >= 4 is 11.3 Å². The van der Waals surface area contributed by atoms with Crippen LogP contribution < -0.4 is 14.2 Å². The lowest BCUT2D eigenvalue weighted by Crippen LogP contribution is -2.16. The molecule has 1 aromatic heterocycles. The summed E-state index contributed by atoms with van der Waals surface area (Å²) in [5.41, 5.74) is 0. The van der Waals surface area contributed by atoms with Crippen molar-refractivity contribution in [1.82, 2.24) is 10.2 Å². The molecule has 18 heavy (non-hydrogen) atoms. The lowest BCUT2D eigenvalue weighted by molar-refractivity contribution is 0.161. The van der Waals surface area contributed by atoms with Gasteiger partial charge in [0.2, 0.25) is 5.75 Å². The van der Waals surface area contributed by atoms with Crippen LogP contribution in [0, 0.1) is 6.92 Å². The number of para-hydroxylation sites is 1. The second kappa shape index (κ2) is 4.81. The summed E-state index contributed by atoms with van der Waals surface area (Å²) >= 11 is 1.53. The highest BCUT2D eigenvalue weighted by molar-refractivity contribution is 7.11. The van der Waals surface area contributed by atoms with Crippen LogP contribution in [-0.2, 0) is 6.61 Å². The molecule has 2 aromatic rings. The third kappa shape index (κ3) is 2.24. The van der Waals surface area contributed by atoms with Crippen molar-refractivity contribution in [2.75, 3.05) is 13.2 Å². The molecular formula is C12H12N2O3S. The van der Waals surface area contributed by atoms with Gasteiger partial charge in [-0.05, 0) is 19.1 Å². The molecule has 0 spiro atoms.